The molecule has 0 unspecified atom stereocenters. The molecule has 1 aromatic rings. The minimum atomic E-state index is -0.414. The Balaban J connectivity index is 2.23. The monoisotopic (exact) mass is 350 g/mol. The predicted octanol–water partition coefficient (Wildman–Crippen LogP) is 3.70. The average Bonchev–Trinajstić information content (AvgIpc) is 2.37. The topological polar surface area (TPSA) is 56.7 Å². The molecule has 1 saturated carbocycles. The van der Waals surface area contributed by atoms with E-state index in [2.05, 4.69) is 20.8 Å². The van der Waals surface area contributed by atoms with Crippen molar-refractivity contribution in [3.05, 3.63) is 45.2 Å². The van der Waals surface area contributed by atoms with Crippen LogP contribution in [0.25, 0.3) is 4.85 Å². The summed E-state index contributed by atoms with van der Waals surface area (Å²) in [6.45, 7) is 9.60. The molecule has 5 heteroatoms. The number of esters is 1. The Morgan fingerprint density at radius 3 is 2.76 bits per heavy atom. The Hall–Kier alpha value is -1.38. The third-order valence-corrected chi connectivity index (χ3v) is 4.43. The van der Waals surface area contributed by atoms with Crippen LogP contribution in [0, 0.1) is 6.57 Å². The van der Waals surface area contributed by atoms with Gasteiger partial charge in [-0.25, -0.2) is 6.57 Å². The van der Waals surface area contributed by atoms with Crippen molar-refractivity contribution in [1.29, 1.82) is 0 Å². The van der Waals surface area contributed by atoms with Crippen LogP contribution in [-0.4, -0.2) is 12.6 Å². The maximum atomic E-state index is 11.6. The molecule has 1 aliphatic carbocycles. The summed E-state index contributed by atoms with van der Waals surface area (Å²) in [5.41, 5.74) is 7.56. The van der Waals surface area contributed by atoms with Gasteiger partial charge < -0.3 is 15.3 Å². The molecule has 0 bridgehead atoms. The van der Waals surface area contributed by atoms with Crippen LogP contribution in [0.1, 0.15) is 49.8 Å². The Bertz CT molecular complexity index is 576. The van der Waals surface area contributed by atoms with Gasteiger partial charge in [0, 0.05) is 28.9 Å². The lowest BCUT2D eigenvalue weighted by Gasteiger charge is -2.31. The van der Waals surface area contributed by atoms with Gasteiger partial charge in [0.15, 0.2) is 0 Å². The molecule has 0 spiro atoms. The van der Waals surface area contributed by atoms with Gasteiger partial charge >= 0.3 is 5.97 Å². The normalized spacial score (nSPS) is 17.4. The molecule has 4 nitrogen and oxygen atoms in total. The molecule has 0 aliphatic heterocycles. The average molecular weight is 351 g/mol. The molecular formula is C16H19BrN2O2. The SMILES string of the molecule is [C-]#[N+]C1(c2cc(Br)cc([C@@H](N)CC(=O)OCC)c2)CCC1. The van der Waals surface area contributed by atoms with Crippen LogP contribution in [0.5, 0.6) is 0 Å². The Kier molecular flexibility index (Phi) is 5.02. The van der Waals surface area contributed by atoms with Crippen LogP contribution in [0.15, 0.2) is 22.7 Å². The number of hydrogen-bond donors (Lipinski definition) is 1. The van der Waals surface area contributed by atoms with Gasteiger partial charge in [-0.2, -0.15) is 0 Å². The van der Waals surface area contributed by atoms with Crippen molar-refractivity contribution < 1.29 is 9.53 Å². The number of nitrogens with zero attached hydrogens (tertiary/aromatic N) is 1. The van der Waals surface area contributed by atoms with E-state index in [0.29, 0.717) is 6.61 Å². The summed E-state index contributed by atoms with van der Waals surface area (Å²) in [5, 5.41) is 0. The van der Waals surface area contributed by atoms with Gasteiger partial charge in [0.05, 0.1) is 13.0 Å². The Morgan fingerprint density at radius 1 is 1.52 bits per heavy atom. The van der Waals surface area contributed by atoms with E-state index in [1.807, 2.05) is 18.2 Å². The van der Waals surface area contributed by atoms with E-state index in [-0.39, 0.29) is 12.4 Å². The molecule has 1 aromatic carbocycles. The lowest BCUT2D eigenvalue weighted by Crippen LogP contribution is -2.30. The fourth-order valence-corrected chi connectivity index (χ4v) is 3.10. The van der Waals surface area contributed by atoms with Crippen molar-refractivity contribution in [1.82, 2.24) is 0 Å². The van der Waals surface area contributed by atoms with E-state index in [4.69, 9.17) is 17.0 Å². The van der Waals surface area contributed by atoms with Crippen molar-refractivity contribution in [2.45, 2.75) is 44.2 Å². The molecule has 0 radical (unpaired) electrons. The first-order valence-electron chi connectivity index (χ1n) is 7.11. The maximum Gasteiger partial charge on any atom is 0.307 e. The molecule has 0 aromatic heterocycles. The first kappa shape index (κ1) is 16.0. The second-order valence-corrected chi connectivity index (χ2v) is 6.30. The van der Waals surface area contributed by atoms with Crippen LogP contribution >= 0.6 is 15.9 Å². The number of nitrogens with two attached hydrogens (primary N) is 1. The zero-order chi connectivity index (χ0) is 15.5. The fourth-order valence-electron chi connectivity index (χ4n) is 2.59. The molecule has 2 rings (SSSR count). The van der Waals surface area contributed by atoms with Crippen molar-refractivity contribution in [3.8, 4) is 0 Å². The summed E-state index contributed by atoms with van der Waals surface area (Å²) in [7, 11) is 0. The van der Waals surface area contributed by atoms with E-state index < -0.39 is 11.6 Å². The largest absolute Gasteiger partial charge is 0.466 e. The minimum Gasteiger partial charge on any atom is -0.466 e. The zero-order valence-electron chi connectivity index (χ0n) is 12.1. The van der Waals surface area contributed by atoms with E-state index in [9.17, 15) is 4.79 Å². The van der Waals surface area contributed by atoms with E-state index >= 15 is 0 Å². The molecule has 1 aliphatic rings. The van der Waals surface area contributed by atoms with Gasteiger partial charge in [-0.05, 0) is 37.1 Å². The lowest BCUT2D eigenvalue weighted by atomic mass is 9.72. The van der Waals surface area contributed by atoms with E-state index in [1.165, 1.54) is 0 Å². The molecule has 2 N–H and O–H groups in total. The molecule has 0 amide bonds. The smallest absolute Gasteiger partial charge is 0.307 e. The summed E-state index contributed by atoms with van der Waals surface area (Å²) in [4.78, 5) is 15.4. The number of ether oxygens (including phenoxy) is 1. The van der Waals surface area contributed by atoms with Gasteiger partial charge in [-0.1, -0.05) is 15.9 Å². The molecule has 21 heavy (non-hydrogen) atoms. The van der Waals surface area contributed by atoms with Gasteiger partial charge in [0.2, 0.25) is 0 Å². The summed E-state index contributed by atoms with van der Waals surface area (Å²) < 4.78 is 5.83. The first-order chi connectivity index (χ1) is 10.0. The number of rotatable bonds is 5. The summed E-state index contributed by atoms with van der Waals surface area (Å²) in [5.74, 6) is -0.296. The minimum absolute atomic E-state index is 0.148. The van der Waals surface area contributed by atoms with E-state index in [1.54, 1.807) is 6.92 Å². The first-order valence-corrected chi connectivity index (χ1v) is 7.91. The van der Waals surface area contributed by atoms with Crippen LogP contribution in [0.3, 0.4) is 0 Å². The highest BCUT2D eigenvalue weighted by Gasteiger charge is 2.45. The van der Waals surface area contributed by atoms with Crippen molar-refractivity contribution in [2.75, 3.05) is 6.61 Å². The zero-order valence-corrected chi connectivity index (χ0v) is 13.6. The van der Waals surface area contributed by atoms with E-state index in [0.717, 1.165) is 34.9 Å². The molecule has 1 atom stereocenters. The molecular weight excluding hydrogens is 332 g/mol. The summed E-state index contributed by atoms with van der Waals surface area (Å²) >= 11 is 3.48. The maximum absolute atomic E-state index is 11.6. The standard InChI is InChI=1S/C16H19BrN2O2/c1-3-21-15(20)10-14(18)11-7-12(9-13(17)8-11)16(19-2)5-4-6-16/h7-9,14H,3-6,10,18H2,1H3/t14-/m0/s1. The highest BCUT2D eigenvalue weighted by molar-refractivity contribution is 9.10. The second-order valence-electron chi connectivity index (χ2n) is 5.39. The number of hydrogen-bond acceptors (Lipinski definition) is 3. The van der Waals surface area contributed by atoms with Crippen LogP contribution < -0.4 is 5.73 Å². The number of benzene rings is 1. The Labute approximate surface area is 133 Å². The molecule has 0 heterocycles. The predicted molar refractivity (Wildman–Crippen MR) is 84.5 cm³/mol. The van der Waals surface area contributed by atoms with Crippen LogP contribution in [0.4, 0.5) is 0 Å². The lowest BCUT2D eigenvalue weighted by molar-refractivity contribution is -0.143. The fraction of sp³-hybridized carbons (Fsp3) is 0.500. The Morgan fingerprint density at radius 2 is 2.24 bits per heavy atom. The summed E-state index contributed by atoms with van der Waals surface area (Å²) in [6, 6.07) is 5.44. The quantitative estimate of drug-likeness (QED) is 0.650. The van der Waals surface area contributed by atoms with Crippen LogP contribution in [-0.2, 0) is 15.1 Å². The van der Waals surface area contributed by atoms with Crippen molar-refractivity contribution in [2.24, 2.45) is 5.73 Å². The molecule has 112 valence electrons. The van der Waals surface area contributed by atoms with Crippen molar-refractivity contribution >= 4 is 21.9 Å². The third-order valence-electron chi connectivity index (χ3n) is 3.97. The van der Waals surface area contributed by atoms with Crippen LogP contribution in [0.2, 0.25) is 0 Å². The number of carbonyl (C=O) groups is 1. The number of halogens is 1. The van der Waals surface area contributed by atoms with Gasteiger partial charge in [0.1, 0.15) is 0 Å². The highest BCUT2D eigenvalue weighted by atomic mass is 79.9. The second kappa shape index (κ2) is 6.59. The highest BCUT2D eigenvalue weighted by Crippen LogP contribution is 2.46. The molecule has 0 saturated heterocycles. The molecule has 1 fully saturated rings. The third kappa shape index (κ3) is 3.45. The van der Waals surface area contributed by atoms with Gasteiger partial charge in [0.25, 0.3) is 5.54 Å². The van der Waals surface area contributed by atoms with Gasteiger partial charge in [-0.15, -0.1) is 0 Å². The van der Waals surface area contributed by atoms with Gasteiger partial charge in [-0.3, -0.25) is 4.79 Å². The summed E-state index contributed by atoms with van der Waals surface area (Å²) in [6.07, 6.45) is 3.01. The number of carbonyl (C=O) groups excluding carboxylic acids is 1. The van der Waals surface area contributed by atoms with Crippen molar-refractivity contribution in [3.63, 3.8) is 0 Å².